The number of hydrogen-bond donors (Lipinski definition) is 1. The summed E-state index contributed by atoms with van der Waals surface area (Å²) in [5.74, 6) is 3.29. The van der Waals surface area contributed by atoms with E-state index in [1.54, 1.807) is 0 Å². The van der Waals surface area contributed by atoms with Crippen LogP contribution >= 0.6 is 0 Å². The van der Waals surface area contributed by atoms with Crippen molar-refractivity contribution in [2.24, 2.45) is 17.8 Å². The molecule has 3 rings (SSSR count). The molecule has 2 saturated carbocycles. The number of hydrogen-bond acceptors (Lipinski definition) is 2. The van der Waals surface area contributed by atoms with Crippen LogP contribution < -0.4 is 5.32 Å². The van der Waals surface area contributed by atoms with Gasteiger partial charge in [-0.15, -0.1) is 0 Å². The van der Waals surface area contributed by atoms with Crippen LogP contribution in [0.5, 0.6) is 0 Å². The molecule has 3 aliphatic rings. The largest absolute Gasteiger partial charge is 0.311 e. The van der Waals surface area contributed by atoms with E-state index in [0.29, 0.717) is 0 Å². The lowest BCUT2D eigenvalue weighted by Gasteiger charge is -2.35. The van der Waals surface area contributed by atoms with E-state index >= 15 is 0 Å². The summed E-state index contributed by atoms with van der Waals surface area (Å²) in [5.41, 5.74) is 0. The highest BCUT2D eigenvalue weighted by Gasteiger charge is 2.42. The standard InChI is InChI=1S/C14H26N2/c1-2-13-9-16(8-7-15-13)10-14(11-3-4-11)12-5-6-12/h11-15H,2-10H2,1H3. The minimum absolute atomic E-state index is 0.757. The van der Waals surface area contributed by atoms with Gasteiger partial charge in [0.05, 0.1) is 0 Å². The van der Waals surface area contributed by atoms with Gasteiger partial charge in [0, 0.05) is 32.2 Å². The Kier molecular flexibility index (Phi) is 3.21. The van der Waals surface area contributed by atoms with Gasteiger partial charge in [0.15, 0.2) is 0 Å². The van der Waals surface area contributed by atoms with Crippen molar-refractivity contribution in [2.45, 2.75) is 45.1 Å². The summed E-state index contributed by atoms with van der Waals surface area (Å²) >= 11 is 0. The van der Waals surface area contributed by atoms with Crippen molar-refractivity contribution in [1.29, 1.82) is 0 Å². The zero-order chi connectivity index (χ0) is 11.0. The quantitative estimate of drug-likeness (QED) is 0.766. The van der Waals surface area contributed by atoms with Gasteiger partial charge in [-0.1, -0.05) is 6.92 Å². The van der Waals surface area contributed by atoms with Crippen LogP contribution in [0.3, 0.4) is 0 Å². The van der Waals surface area contributed by atoms with E-state index in [4.69, 9.17) is 0 Å². The molecular formula is C14H26N2. The van der Waals surface area contributed by atoms with E-state index in [0.717, 1.165) is 23.8 Å². The van der Waals surface area contributed by atoms with Crippen LogP contribution in [-0.4, -0.2) is 37.1 Å². The van der Waals surface area contributed by atoms with Crippen molar-refractivity contribution in [1.82, 2.24) is 10.2 Å². The van der Waals surface area contributed by atoms with Crippen molar-refractivity contribution in [3.8, 4) is 0 Å². The van der Waals surface area contributed by atoms with E-state index in [1.165, 1.54) is 58.3 Å². The predicted molar refractivity (Wildman–Crippen MR) is 67.5 cm³/mol. The summed E-state index contributed by atoms with van der Waals surface area (Å²) in [6.07, 6.45) is 7.41. The molecule has 0 radical (unpaired) electrons. The van der Waals surface area contributed by atoms with Crippen LogP contribution in [0, 0.1) is 17.8 Å². The van der Waals surface area contributed by atoms with E-state index in [1.807, 2.05) is 0 Å². The Morgan fingerprint density at radius 2 is 1.88 bits per heavy atom. The molecule has 1 N–H and O–H groups in total. The highest BCUT2D eigenvalue weighted by Crippen LogP contribution is 2.49. The number of nitrogens with zero attached hydrogens (tertiary/aromatic N) is 1. The smallest absolute Gasteiger partial charge is 0.0192 e. The summed E-state index contributed by atoms with van der Waals surface area (Å²) in [4.78, 5) is 2.74. The maximum atomic E-state index is 3.62. The van der Waals surface area contributed by atoms with Gasteiger partial charge in [0.25, 0.3) is 0 Å². The van der Waals surface area contributed by atoms with Crippen LogP contribution in [0.2, 0.25) is 0 Å². The van der Waals surface area contributed by atoms with Crippen LogP contribution in [0.1, 0.15) is 39.0 Å². The van der Waals surface area contributed by atoms with Gasteiger partial charge in [-0.2, -0.15) is 0 Å². The van der Waals surface area contributed by atoms with Gasteiger partial charge < -0.3 is 10.2 Å². The van der Waals surface area contributed by atoms with Crippen LogP contribution in [0.25, 0.3) is 0 Å². The molecule has 3 fully saturated rings. The lowest BCUT2D eigenvalue weighted by Crippen LogP contribution is -2.51. The third-order valence-corrected chi connectivity index (χ3v) is 4.76. The van der Waals surface area contributed by atoms with Crippen molar-refractivity contribution in [3.63, 3.8) is 0 Å². The Balaban J connectivity index is 1.51. The molecule has 2 heteroatoms. The van der Waals surface area contributed by atoms with E-state index in [2.05, 4.69) is 17.1 Å². The number of nitrogens with one attached hydrogen (secondary N) is 1. The van der Waals surface area contributed by atoms with Crippen molar-refractivity contribution in [2.75, 3.05) is 26.2 Å². The first-order chi connectivity index (χ1) is 7.86. The molecule has 92 valence electrons. The fourth-order valence-electron chi connectivity index (χ4n) is 3.36. The van der Waals surface area contributed by atoms with Crippen LogP contribution in [-0.2, 0) is 0 Å². The topological polar surface area (TPSA) is 15.3 Å². The van der Waals surface area contributed by atoms with Gasteiger partial charge in [0.1, 0.15) is 0 Å². The molecule has 0 bridgehead atoms. The minimum atomic E-state index is 0.757. The van der Waals surface area contributed by atoms with Crippen molar-refractivity contribution in [3.05, 3.63) is 0 Å². The molecule has 2 nitrogen and oxygen atoms in total. The molecular weight excluding hydrogens is 196 g/mol. The van der Waals surface area contributed by atoms with Crippen molar-refractivity contribution < 1.29 is 0 Å². The SMILES string of the molecule is CCC1CN(CC(C2CC2)C2CC2)CCN1. The summed E-state index contributed by atoms with van der Waals surface area (Å²) in [6, 6.07) is 0.757. The molecule has 0 aromatic carbocycles. The molecule has 1 aliphatic heterocycles. The first-order valence-electron chi connectivity index (χ1n) is 7.32. The second kappa shape index (κ2) is 4.66. The van der Waals surface area contributed by atoms with Gasteiger partial charge in [0.2, 0.25) is 0 Å². The average Bonchev–Trinajstić information content (AvgIpc) is 3.18. The predicted octanol–water partition coefficient (Wildman–Crippen LogP) is 2.11. The molecule has 0 aromatic heterocycles. The molecule has 0 spiro atoms. The Hall–Kier alpha value is -0.0800. The maximum Gasteiger partial charge on any atom is 0.0192 e. The Bertz CT molecular complexity index is 221. The molecule has 0 amide bonds. The number of rotatable bonds is 5. The van der Waals surface area contributed by atoms with Crippen molar-refractivity contribution >= 4 is 0 Å². The molecule has 1 heterocycles. The fraction of sp³-hybridized carbons (Fsp3) is 1.00. The first kappa shape index (κ1) is 11.0. The van der Waals surface area contributed by atoms with E-state index < -0.39 is 0 Å². The molecule has 2 aliphatic carbocycles. The lowest BCUT2D eigenvalue weighted by molar-refractivity contribution is 0.154. The van der Waals surface area contributed by atoms with Crippen LogP contribution in [0.4, 0.5) is 0 Å². The Morgan fingerprint density at radius 1 is 1.19 bits per heavy atom. The van der Waals surface area contributed by atoms with E-state index in [-0.39, 0.29) is 0 Å². The molecule has 1 saturated heterocycles. The Labute approximate surface area is 99.8 Å². The van der Waals surface area contributed by atoms with Gasteiger partial charge in [-0.25, -0.2) is 0 Å². The Morgan fingerprint density at radius 3 is 2.44 bits per heavy atom. The lowest BCUT2D eigenvalue weighted by atomic mass is 9.96. The zero-order valence-corrected chi connectivity index (χ0v) is 10.6. The highest BCUT2D eigenvalue weighted by molar-refractivity contribution is 4.93. The van der Waals surface area contributed by atoms with Gasteiger partial charge >= 0.3 is 0 Å². The monoisotopic (exact) mass is 222 g/mol. The molecule has 0 aromatic rings. The highest BCUT2D eigenvalue weighted by atomic mass is 15.2. The van der Waals surface area contributed by atoms with Gasteiger partial charge in [-0.3, -0.25) is 0 Å². The third-order valence-electron chi connectivity index (χ3n) is 4.76. The fourth-order valence-corrected chi connectivity index (χ4v) is 3.36. The molecule has 1 atom stereocenters. The first-order valence-corrected chi connectivity index (χ1v) is 7.32. The normalized spacial score (nSPS) is 32.2. The summed E-state index contributed by atoms with van der Waals surface area (Å²) in [7, 11) is 0. The molecule has 16 heavy (non-hydrogen) atoms. The summed E-state index contributed by atoms with van der Waals surface area (Å²) < 4.78 is 0. The second-order valence-electron chi connectivity index (χ2n) is 6.16. The molecule has 1 unspecified atom stereocenters. The summed E-state index contributed by atoms with van der Waals surface area (Å²) in [6.45, 7) is 7.51. The van der Waals surface area contributed by atoms with E-state index in [9.17, 15) is 0 Å². The zero-order valence-electron chi connectivity index (χ0n) is 10.6. The maximum absolute atomic E-state index is 3.62. The summed E-state index contributed by atoms with van der Waals surface area (Å²) in [5, 5.41) is 3.62. The second-order valence-corrected chi connectivity index (χ2v) is 6.16. The third kappa shape index (κ3) is 2.60. The minimum Gasteiger partial charge on any atom is -0.311 e. The average molecular weight is 222 g/mol. The van der Waals surface area contributed by atoms with Gasteiger partial charge in [-0.05, 0) is 49.9 Å². The van der Waals surface area contributed by atoms with Crippen LogP contribution in [0.15, 0.2) is 0 Å². The number of piperazine rings is 1.